The highest BCUT2D eigenvalue weighted by Gasteiger charge is 2.38. The van der Waals surface area contributed by atoms with E-state index in [1.807, 2.05) is 7.11 Å². The average molecular weight is 241 g/mol. The fourth-order valence-electron chi connectivity index (χ4n) is 3.78. The van der Waals surface area contributed by atoms with Crippen LogP contribution in [0.25, 0.3) is 0 Å². The molecule has 0 aromatic carbocycles. The van der Waals surface area contributed by atoms with E-state index in [4.69, 9.17) is 4.74 Å². The molecule has 0 aromatic heterocycles. The molecule has 0 heterocycles. The minimum atomic E-state index is 0.396. The Labute approximate surface area is 108 Å². The van der Waals surface area contributed by atoms with Crippen LogP contribution < -0.4 is 0 Å². The van der Waals surface area contributed by atoms with Crippen molar-refractivity contribution >= 4 is 0 Å². The molecule has 0 bridgehead atoms. The van der Waals surface area contributed by atoms with Crippen LogP contribution in [-0.2, 0) is 4.74 Å². The minimum absolute atomic E-state index is 0.396. The van der Waals surface area contributed by atoms with Gasteiger partial charge in [-0.3, -0.25) is 0 Å². The molecule has 1 atom stereocenters. The molecule has 1 aliphatic rings. The predicted molar refractivity (Wildman–Crippen MR) is 74.3 cm³/mol. The third kappa shape index (κ3) is 4.26. The van der Waals surface area contributed by atoms with Gasteiger partial charge in [-0.05, 0) is 39.3 Å². The van der Waals surface area contributed by atoms with Crippen LogP contribution in [0.5, 0.6) is 0 Å². The highest BCUT2D eigenvalue weighted by Crippen LogP contribution is 2.42. The van der Waals surface area contributed by atoms with Crippen molar-refractivity contribution in [3.05, 3.63) is 0 Å². The van der Waals surface area contributed by atoms with E-state index in [-0.39, 0.29) is 0 Å². The van der Waals surface area contributed by atoms with Gasteiger partial charge in [0.15, 0.2) is 0 Å². The summed E-state index contributed by atoms with van der Waals surface area (Å²) in [5.74, 6) is 0.874. The van der Waals surface area contributed by atoms with E-state index >= 15 is 0 Å². The van der Waals surface area contributed by atoms with Gasteiger partial charge < -0.3 is 9.64 Å². The van der Waals surface area contributed by atoms with E-state index in [1.165, 1.54) is 51.5 Å². The van der Waals surface area contributed by atoms with Crippen molar-refractivity contribution in [3.8, 4) is 0 Å². The second kappa shape index (κ2) is 7.38. The molecule has 1 fully saturated rings. The van der Waals surface area contributed by atoms with Crippen LogP contribution >= 0.6 is 0 Å². The van der Waals surface area contributed by atoms with Crippen LogP contribution in [0.15, 0.2) is 0 Å². The van der Waals surface area contributed by atoms with Gasteiger partial charge in [-0.1, -0.05) is 32.6 Å². The van der Waals surface area contributed by atoms with Gasteiger partial charge in [-0.15, -0.1) is 0 Å². The zero-order valence-electron chi connectivity index (χ0n) is 12.3. The fraction of sp³-hybridized carbons (Fsp3) is 1.00. The molecule has 2 heteroatoms. The predicted octanol–water partition coefficient (Wildman–Crippen LogP) is 3.56. The summed E-state index contributed by atoms with van der Waals surface area (Å²) < 4.78 is 5.59. The first-order valence-corrected chi connectivity index (χ1v) is 7.28. The van der Waals surface area contributed by atoms with Gasteiger partial charge in [0.05, 0.1) is 6.61 Å². The van der Waals surface area contributed by atoms with E-state index < -0.39 is 0 Å². The van der Waals surface area contributed by atoms with E-state index in [1.54, 1.807) is 0 Å². The SMILES string of the molecule is CCCC(COC)(CN(C)C)C1CCCCC1. The van der Waals surface area contributed by atoms with Crippen LogP contribution in [-0.4, -0.2) is 39.3 Å². The van der Waals surface area contributed by atoms with Gasteiger partial charge in [0.1, 0.15) is 0 Å². The van der Waals surface area contributed by atoms with Gasteiger partial charge in [-0.2, -0.15) is 0 Å². The first-order valence-electron chi connectivity index (χ1n) is 7.28. The molecule has 0 aliphatic heterocycles. The molecular weight excluding hydrogens is 210 g/mol. The van der Waals surface area contributed by atoms with Crippen molar-refractivity contribution in [2.75, 3.05) is 34.4 Å². The Kier molecular flexibility index (Phi) is 6.50. The molecule has 0 radical (unpaired) electrons. The summed E-state index contributed by atoms with van der Waals surface area (Å²) in [6.45, 7) is 4.42. The van der Waals surface area contributed by atoms with E-state index in [0.717, 1.165) is 12.5 Å². The molecule has 1 saturated carbocycles. The maximum atomic E-state index is 5.59. The van der Waals surface area contributed by atoms with Crippen LogP contribution in [0.1, 0.15) is 51.9 Å². The van der Waals surface area contributed by atoms with Gasteiger partial charge in [0.25, 0.3) is 0 Å². The number of nitrogens with zero attached hydrogens (tertiary/aromatic N) is 1. The molecule has 17 heavy (non-hydrogen) atoms. The molecular formula is C15H31NO. The molecule has 0 amide bonds. The highest BCUT2D eigenvalue weighted by molar-refractivity contribution is 4.89. The first-order chi connectivity index (χ1) is 8.14. The highest BCUT2D eigenvalue weighted by atomic mass is 16.5. The minimum Gasteiger partial charge on any atom is -0.384 e. The number of hydrogen-bond donors (Lipinski definition) is 0. The lowest BCUT2D eigenvalue weighted by molar-refractivity contribution is -0.0102. The van der Waals surface area contributed by atoms with Gasteiger partial charge >= 0.3 is 0 Å². The fourth-order valence-corrected chi connectivity index (χ4v) is 3.78. The Balaban J connectivity index is 2.77. The lowest BCUT2D eigenvalue weighted by atomic mass is 9.66. The molecule has 0 saturated heterocycles. The summed E-state index contributed by atoms with van der Waals surface area (Å²) in [6.07, 6.45) is 9.69. The second-order valence-corrected chi connectivity index (χ2v) is 6.12. The molecule has 1 aliphatic carbocycles. The molecule has 1 unspecified atom stereocenters. The third-order valence-electron chi connectivity index (χ3n) is 4.28. The number of hydrogen-bond acceptors (Lipinski definition) is 2. The number of methoxy groups -OCH3 is 1. The van der Waals surface area contributed by atoms with Crippen molar-refractivity contribution in [3.63, 3.8) is 0 Å². The van der Waals surface area contributed by atoms with Crippen molar-refractivity contribution < 1.29 is 4.74 Å². The smallest absolute Gasteiger partial charge is 0.0533 e. The Bertz CT molecular complexity index is 191. The van der Waals surface area contributed by atoms with E-state index in [9.17, 15) is 0 Å². The van der Waals surface area contributed by atoms with Crippen molar-refractivity contribution in [1.29, 1.82) is 0 Å². The number of rotatable bonds is 7. The third-order valence-corrected chi connectivity index (χ3v) is 4.28. The van der Waals surface area contributed by atoms with Gasteiger partial charge in [-0.25, -0.2) is 0 Å². The summed E-state index contributed by atoms with van der Waals surface area (Å²) in [6, 6.07) is 0. The van der Waals surface area contributed by atoms with Gasteiger partial charge in [0.2, 0.25) is 0 Å². The van der Waals surface area contributed by atoms with Crippen LogP contribution in [0.4, 0.5) is 0 Å². The summed E-state index contributed by atoms with van der Waals surface area (Å²) in [5, 5.41) is 0. The standard InChI is InChI=1S/C15H31NO/c1-5-11-15(13-17-4,12-16(2)3)14-9-7-6-8-10-14/h14H,5-13H2,1-4H3. The topological polar surface area (TPSA) is 12.5 Å². The van der Waals surface area contributed by atoms with Crippen molar-refractivity contribution in [2.45, 2.75) is 51.9 Å². The zero-order valence-corrected chi connectivity index (χ0v) is 12.3. The summed E-state index contributed by atoms with van der Waals surface area (Å²) >= 11 is 0. The van der Waals surface area contributed by atoms with Crippen molar-refractivity contribution in [1.82, 2.24) is 4.90 Å². The van der Waals surface area contributed by atoms with Crippen molar-refractivity contribution in [2.24, 2.45) is 11.3 Å². The maximum Gasteiger partial charge on any atom is 0.0533 e. The molecule has 0 spiro atoms. The van der Waals surface area contributed by atoms with E-state index in [0.29, 0.717) is 5.41 Å². The summed E-state index contributed by atoms with van der Waals surface area (Å²) in [4.78, 5) is 2.35. The Morgan fingerprint density at radius 1 is 1.18 bits per heavy atom. The Morgan fingerprint density at radius 3 is 2.29 bits per heavy atom. The Morgan fingerprint density at radius 2 is 1.82 bits per heavy atom. The second-order valence-electron chi connectivity index (χ2n) is 6.12. The van der Waals surface area contributed by atoms with Crippen LogP contribution in [0.3, 0.4) is 0 Å². The molecule has 102 valence electrons. The molecule has 2 nitrogen and oxygen atoms in total. The summed E-state index contributed by atoms with van der Waals surface area (Å²) in [7, 11) is 6.26. The van der Waals surface area contributed by atoms with Gasteiger partial charge in [0, 0.05) is 19.1 Å². The lowest BCUT2D eigenvalue weighted by Crippen LogP contribution is -2.44. The number of ether oxygens (including phenoxy) is 1. The Hall–Kier alpha value is -0.0800. The van der Waals surface area contributed by atoms with Crippen LogP contribution in [0.2, 0.25) is 0 Å². The molecule has 0 N–H and O–H groups in total. The van der Waals surface area contributed by atoms with Crippen LogP contribution in [0, 0.1) is 11.3 Å². The molecule has 0 aromatic rings. The monoisotopic (exact) mass is 241 g/mol. The molecule has 1 rings (SSSR count). The zero-order chi connectivity index (χ0) is 12.7. The quantitative estimate of drug-likeness (QED) is 0.676. The average Bonchev–Trinajstić information content (AvgIpc) is 2.30. The summed E-state index contributed by atoms with van der Waals surface area (Å²) in [5.41, 5.74) is 0.396. The lowest BCUT2D eigenvalue weighted by Gasteiger charge is -2.44. The first kappa shape index (κ1) is 15.0. The largest absolute Gasteiger partial charge is 0.384 e. The maximum absolute atomic E-state index is 5.59. The van der Waals surface area contributed by atoms with E-state index in [2.05, 4.69) is 25.9 Å². The normalized spacial score (nSPS) is 21.7.